The largest absolute Gasteiger partial charge is 0.493 e. The van der Waals surface area contributed by atoms with Gasteiger partial charge in [-0.3, -0.25) is 9.59 Å². The summed E-state index contributed by atoms with van der Waals surface area (Å²) >= 11 is 0. The van der Waals surface area contributed by atoms with Crippen molar-refractivity contribution in [1.82, 2.24) is 0 Å². The summed E-state index contributed by atoms with van der Waals surface area (Å²) in [6.07, 6.45) is 0.605. The lowest BCUT2D eigenvalue weighted by molar-refractivity contribution is -0.110. The first kappa shape index (κ1) is 18.3. The van der Waals surface area contributed by atoms with Crippen molar-refractivity contribution in [2.45, 2.75) is 13.3 Å². The number of allylic oxidation sites excluding steroid dienone is 1. The van der Waals surface area contributed by atoms with Crippen LogP contribution in [-0.2, 0) is 4.79 Å². The molecular formula is C20H21N3O4. The molecule has 0 fully saturated rings. The van der Waals surface area contributed by atoms with Crippen molar-refractivity contribution in [3.63, 3.8) is 0 Å². The molecule has 0 atom stereocenters. The van der Waals surface area contributed by atoms with E-state index in [4.69, 9.17) is 15.2 Å². The van der Waals surface area contributed by atoms with Crippen LogP contribution in [0.2, 0.25) is 0 Å². The molecule has 0 aliphatic carbocycles. The van der Waals surface area contributed by atoms with Crippen molar-refractivity contribution >= 4 is 28.8 Å². The molecule has 0 radical (unpaired) electrons. The Hall–Kier alpha value is -3.48. The maximum absolute atomic E-state index is 12.6. The number of methoxy groups -OCH3 is 2. The van der Waals surface area contributed by atoms with Crippen LogP contribution >= 0.6 is 0 Å². The molecule has 7 heteroatoms. The van der Waals surface area contributed by atoms with E-state index >= 15 is 0 Å². The summed E-state index contributed by atoms with van der Waals surface area (Å²) in [6.45, 7) is 1.96. The molecule has 1 aliphatic rings. The Kier molecular flexibility index (Phi) is 5.03. The summed E-state index contributed by atoms with van der Waals surface area (Å²) in [5.74, 6) is 0.413. The predicted octanol–water partition coefficient (Wildman–Crippen LogP) is 2.99. The van der Waals surface area contributed by atoms with Gasteiger partial charge in [0.15, 0.2) is 11.5 Å². The molecule has 7 nitrogen and oxygen atoms in total. The van der Waals surface area contributed by atoms with E-state index < -0.39 is 5.91 Å². The Morgan fingerprint density at radius 1 is 1.11 bits per heavy atom. The van der Waals surface area contributed by atoms with Crippen LogP contribution in [0.15, 0.2) is 42.1 Å². The lowest BCUT2D eigenvalue weighted by atomic mass is 10.0. The highest BCUT2D eigenvalue weighted by molar-refractivity contribution is 6.32. The fourth-order valence-corrected chi connectivity index (χ4v) is 3.02. The van der Waals surface area contributed by atoms with E-state index in [1.54, 1.807) is 50.6 Å². The van der Waals surface area contributed by atoms with Crippen LogP contribution < -0.4 is 25.8 Å². The van der Waals surface area contributed by atoms with Crippen LogP contribution in [0.4, 0.5) is 11.4 Å². The normalized spacial score (nSPS) is 14.3. The first-order valence-electron chi connectivity index (χ1n) is 8.46. The van der Waals surface area contributed by atoms with E-state index in [2.05, 4.69) is 10.6 Å². The van der Waals surface area contributed by atoms with E-state index in [-0.39, 0.29) is 5.91 Å². The Morgan fingerprint density at radius 2 is 1.74 bits per heavy atom. The number of carbonyl (C=O) groups excluding carboxylic acids is 2. The fraction of sp³-hybridized carbons (Fsp3) is 0.200. The van der Waals surface area contributed by atoms with Gasteiger partial charge in [0.05, 0.1) is 25.5 Å². The quantitative estimate of drug-likeness (QED) is 0.681. The van der Waals surface area contributed by atoms with Crippen LogP contribution in [0.1, 0.15) is 29.3 Å². The second-order valence-corrected chi connectivity index (χ2v) is 5.98. The van der Waals surface area contributed by atoms with Crippen molar-refractivity contribution in [3.8, 4) is 11.5 Å². The van der Waals surface area contributed by atoms with Crippen molar-refractivity contribution < 1.29 is 19.1 Å². The van der Waals surface area contributed by atoms with Crippen LogP contribution in [0.3, 0.4) is 0 Å². The molecule has 27 heavy (non-hydrogen) atoms. The topological polar surface area (TPSA) is 103 Å². The van der Waals surface area contributed by atoms with Crippen LogP contribution in [0.5, 0.6) is 11.5 Å². The van der Waals surface area contributed by atoms with Gasteiger partial charge in [-0.2, -0.15) is 0 Å². The van der Waals surface area contributed by atoms with Crippen LogP contribution in [-0.4, -0.2) is 26.0 Å². The van der Waals surface area contributed by atoms with Gasteiger partial charge in [-0.1, -0.05) is 6.92 Å². The number of hydrogen-bond donors (Lipinski definition) is 3. The van der Waals surface area contributed by atoms with E-state index in [1.165, 1.54) is 0 Å². The van der Waals surface area contributed by atoms with Crippen LogP contribution in [0, 0.1) is 0 Å². The smallest absolute Gasteiger partial charge is 0.258 e. The van der Waals surface area contributed by atoms with Gasteiger partial charge >= 0.3 is 0 Å². The molecule has 0 saturated carbocycles. The van der Waals surface area contributed by atoms with E-state index in [9.17, 15) is 9.59 Å². The first-order chi connectivity index (χ1) is 13.0. The Balaban J connectivity index is 2.02. The summed E-state index contributed by atoms with van der Waals surface area (Å²) in [5, 5.41) is 6.13. The molecule has 1 aliphatic heterocycles. The predicted molar refractivity (Wildman–Crippen MR) is 104 cm³/mol. The number of primary amides is 1. The molecule has 0 spiro atoms. The number of rotatable bonds is 6. The number of carbonyl (C=O) groups is 2. The number of amides is 2. The number of fused-ring (bicyclic) bond motifs is 1. The molecule has 140 valence electrons. The van der Waals surface area contributed by atoms with E-state index in [0.717, 1.165) is 16.9 Å². The third-order valence-corrected chi connectivity index (χ3v) is 4.39. The average molecular weight is 367 g/mol. The van der Waals surface area contributed by atoms with Gasteiger partial charge in [0.1, 0.15) is 0 Å². The molecule has 0 saturated heterocycles. The minimum absolute atomic E-state index is 0.196. The molecule has 2 amide bonds. The van der Waals surface area contributed by atoms with Gasteiger partial charge in [0.2, 0.25) is 5.91 Å². The SMILES string of the molecule is CC/C(Nc1ccc(C(N)=O)cc1)=C1/C(=O)Nc2cc(OC)c(OC)cc21. The van der Waals surface area contributed by atoms with Crippen molar-refractivity contribution in [2.24, 2.45) is 5.73 Å². The number of ether oxygens (including phenoxy) is 2. The van der Waals surface area contributed by atoms with Gasteiger partial charge in [-0.15, -0.1) is 0 Å². The zero-order chi connectivity index (χ0) is 19.6. The summed E-state index contributed by atoms with van der Waals surface area (Å²) in [7, 11) is 3.10. The lowest BCUT2D eigenvalue weighted by Crippen LogP contribution is -2.12. The molecule has 4 N–H and O–H groups in total. The van der Waals surface area contributed by atoms with Gasteiger partial charge in [-0.05, 0) is 36.8 Å². The average Bonchev–Trinajstić information content (AvgIpc) is 2.99. The van der Waals surface area contributed by atoms with Crippen molar-refractivity contribution in [3.05, 3.63) is 53.2 Å². The van der Waals surface area contributed by atoms with Crippen molar-refractivity contribution in [1.29, 1.82) is 0 Å². The van der Waals surface area contributed by atoms with E-state index in [0.29, 0.717) is 34.7 Å². The van der Waals surface area contributed by atoms with Crippen molar-refractivity contribution in [2.75, 3.05) is 24.9 Å². The highest BCUT2D eigenvalue weighted by Gasteiger charge is 2.29. The maximum atomic E-state index is 12.6. The monoisotopic (exact) mass is 367 g/mol. The standard InChI is InChI=1S/C20H21N3O4/c1-4-14(22-12-7-5-11(6-8-12)19(21)24)18-13-9-16(26-2)17(27-3)10-15(13)23-20(18)25/h5-10,22H,4H2,1-3H3,(H2,21,24)(H,23,25)/b18-14-. The molecule has 2 aromatic rings. The molecule has 2 aromatic carbocycles. The second kappa shape index (κ2) is 7.41. The molecule has 0 unspecified atom stereocenters. The molecule has 3 rings (SSSR count). The van der Waals surface area contributed by atoms with Gasteiger partial charge in [0, 0.05) is 28.6 Å². The third-order valence-electron chi connectivity index (χ3n) is 4.39. The van der Waals surface area contributed by atoms with Crippen LogP contribution in [0.25, 0.3) is 5.57 Å². The zero-order valence-corrected chi connectivity index (χ0v) is 15.4. The maximum Gasteiger partial charge on any atom is 0.258 e. The third kappa shape index (κ3) is 3.44. The zero-order valence-electron chi connectivity index (χ0n) is 15.4. The number of anilines is 2. The van der Waals surface area contributed by atoms with E-state index in [1.807, 2.05) is 6.92 Å². The molecular weight excluding hydrogens is 346 g/mol. The molecule has 1 heterocycles. The number of hydrogen-bond acceptors (Lipinski definition) is 5. The van der Waals surface area contributed by atoms with Gasteiger partial charge in [0.25, 0.3) is 5.91 Å². The first-order valence-corrected chi connectivity index (χ1v) is 8.46. The number of benzene rings is 2. The molecule has 0 aromatic heterocycles. The summed E-state index contributed by atoms with van der Waals surface area (Å²) in [5.41, 5.74) is 9.17. The summed E-state index contributed by atoms with van der Waals surface area (Å²) in [4.78, 5) is 23.8. The van der Waals surface area contributed by atoms with Gasteiger partial charge < -0.3 is 25.8 Å². The van der Waals surface area contributed by atoms with Gasteiger partial charge in [-0.25, -0.2) is 0 Å². The highest BCUT2D eigenvalue weighted by atomic mass is 16.5. The summed E-state index contributed by atoms with van der Waals surface area (Å²) < 4.78 is 10.7. The Bertz CT molecular complexity index is 933. The second-order valence-electron chi connectivity index (χ2n) is 5.98. The minimum atomic E-state index is -0.485. The minimum Gasteiger partial charge on any atom is -0.493 e. The highest BCUT2D eigenvalue weighted by Crippen LogP contribution is 2.42. The number of nitrogens with one attached hydrogen (secondary N) is 2. The Morgan fingerprint density at radius 3 is 2.30 bits per heavy atom. The fourth-order valence-electron chi connectivity index (χ4n) is 3.02. The lowest BCUT2D eigenvalue weighted by Gasteiger charge is -2.14. The summed E-state index contributed by atoms with van der Waals surface area (Å²) in [6, 6.07) is 10.3. The number of nitrogens with two attached hydrogens (primary N) is 1. The molecule has 0 bridgehead atoms. The Labute approximate surface area is 157 Å².